The van der Waals surface area contributed by atoms with Crippen molar-refractivity contribution in [1.29, 1.82) is 0 Å². The molecule has 39 heavy (non-hydrogen) atoms. The van der Waals surface area contributed by atoms with Crippen molar-refractivity contribution in [2.24, 2.45) is 33.7 Å². The van der Waals surface area contributed by atoms with Crippen LogP contribution in [0.2, 0.25) is 0 Å². The van der Waals surface area contributed by atoms with E-state index in [0.717, 1.165) is 0 Å². The maximum absolute atomic E-state index is 11.2. The van der Waals surface area contributed by atoms with Gasteiger partial charge in [0.15, 0.2) is 24.8 Å². The third-order valence-electron chi connectivity index (χ3n) is 7.78. The van der Waals surface area contributed by atoms with E-state index in [1.54, 1.807) is 7.05 Å². The van der Waals surface area contributed by atoms with Gasteiger partial charge in [-0.1, -0.05) is 0 Å². The third-order valence-corrected chi connectivity index (χ3v) is 7.78. The number of fused-ring (bicyclic) bond motifs is 1. The molecule has 1 saturated carbocycles. The second-order valence-corrected chi connectivity index (χ2v) is 10.7. The monoisotopic (exact) mass is 565 g/mol. The first kappa shape index (κ1) is 30.7. The third kappa shape index (κ3) is 6.47. The number of hydrogen-bond acceptors (Lipinski definition) is 15. The standard InChI is InChI=1S/C22H43N7O10/c1-28-13-15(33)18-10(4-8(25)19(38-18)37-17-7(24)2-6(23)3-9(17)31)35-20(13)39-21-16(34)14(32)12(29-22(26)27)11(5-30)36-21/h6-21,28,30-34H,2-5,23-25H2,1H3,(H4,26,27,29)/t6-,7?,8?,9-,10+,11?,12-,13?,14?,15?,16?,17-,18?,19+,20?,21-/m1/s1. The van der Waals surface area contributed by atoms with Crippen molar-refractivity contribution in [1.82, 2.24) is 5.32 Å². The summed E-state index contributed by atoms with van der Waals surface area (Å²) in [7, 11) is 1.56. The molecule has 4 aliphatic rings. The Labute approximate surface area is 225 Å². The average molecular weight is 566 g/mol. The molecule has 16 N–H and O–H groups in total. The fraction of sp³-hybridized carbons (Fsp3) is 0.955. The van der Waals surface area contributed by atoms with E-state index in [9.17, 15) is 25.5 Å². The van der Waals surface area contributed by atoms with Gasteiger partial charge in [0.25, 0.3) is 0 Å². The average Bonchev–Trinajstić information content (AvgIpc) is 2.86. The number of aliphatic imine (C=N–C) groups is 1. The lowest BCUT2D eigenvalue weighted by Gasteiger charge is -2.51. The molecule has 0 aromatic heterocycles. The second kappa shape index (κ2) is 12.7. The largest absolute Gasteiger partial charge is 0.394 e. The lowest BCUT2D eigenvalue weighted by Crippen LogP contribution is -2.69. The Bertz CT molecular complexity index is 827. The minimum absolute atomic E-state index is 0.197. The molecule has 0 spiro atoms. The summed E-state index contributed by atoms with van der Waals surface area (Å²) in [6.07, 6.45) is -11.3. The van der Waals surface area contributed by atoms with Crippen LogP contribution in [0.5, 0.6) is 0 Å². The fourth-order valence-electron chi connectivity index (χ4n) is 5.77. The predicted octanol–water partition coefficient (Wildman–Crippen LogP) is -6.61. The Kier molecular flexibility index (Phi) is 9.99. The Morgan fingerprint density at radius 2 is 1.59 bits per heavy atom. The molecule has 16 atom stereocenters. The van der Waals surface area contributed by atoms with E-state index in [1.165, 1.54) is 0 Å². The zero-order valence-electron chi connectivity index (χ0n) is 21.7. The normalized spacial score (nSPS) is 50.7. The van der Waals surface area contributed by atoms with E-state index in [-0.39, 0.29) is 18.4 Å². The highest BCUT2D eigenvalue weighted by Gasteiger charge is 2.54. The molecule has 1 aliphatic carbocycles. The maximum atomic E-state index is 11.2. The molecule has 0 bridgehead atoms. The van der Waals surface area contributed by atoms with E-state index < -0.39 is 98.5 Å². The van der Waals surface area contributed by atoms with Gasteiger partial charge < -0.3 is 83.2 Å². The van der Waals surface area contributed by atoms with Crippen LogP contribution in [0.4, 0.5) is 0 Å². The molecular weight excluding hydrogens is 522 g/mol. The number of aliphatic hydroxyl groups is 5. The van der Waals surface area contributed by atoms with Crippen LogP contribution in [0.3, 0.4) is 0 Å². The molecule has 0 aromatic rings. The van der Waals surface area contributed by atoms with Gasteiger partial charge in [-0.25, -0.2) is 4.99 Å². The molecule has 3 heterocycles. The molecule has 17 heteroatoms. The molecule has 0 aromatic carbocycles. The van der Waals surface area contributed by atoms with Crippen LogP contribution in [0.15, 0.2) is 4.99 Å². The highest BCUT2D eigenvalue weighted by atomic mass is 16.8. The summed E-state index contributed by atoms with van der Waals surface area (Å²) in [5, 5.41) is 55.5. The summed E-state index contributed by atoms with van der Waals surface area (Å²) >= 11 is 0. The number of nitrogens with zero attached hydrogens (tertiary/aromatic N) is 1. The summed E-state index contributed by atoms with van der Waals surface area (Å²) in [6.45, 7) is -0.575. The van der Waals surface area contributed by atoms with Crippen molar-refractivity contribution in [2.75, 3.05) is 13.7 Å². The number of nitrogens with one attached hydrogen (secondary N) is 1. The van der Waals surface area contributed by atoms with Gasteiger partial charge in [-0.3, -0.25) is 0 Å². The highest BCUT2D eigenvalue weighted by Crippen LogP contribution is 2.35. The first-order valence-electron chi connectivity index (χ1n) is 13.1. The Morgan fingerprint density at radius 3 is 2.21 bits per heavy atom. The summed E-state index contributed by atoms with van der Waals surface area (Å²) in [5.41, 5.74) is 29.2. The molecular formula is C22H43N7O10. The molecule has 17 nitrogen and oxygen atoms in total. The molecule has 0 radical (unpaired) electrons. The Balaban J connectivity index is 1.43. The lowest BCUT2D eigenvalue weighted by molar-refractivity contribution is -0.372. The zero-order valence-corrected chi connectivity index (χ0v) is 21.7. The van der Waals surface area contributed by atoms with Gasteiger partial charge in [0.2, 0.25) is 0 Å². The first-order chi connectivity index (χ1) is 18.4. The quantitative estimate of drug-likeness (QED) is 0.101. The number of guanidine groups is 1. The fourth-order valence-corrected chi connectivity index (χ4v) is 5.77. The summed E-state index contributed by atoms with van der Waals surface area (Å²) in [5.74, 6) is -0.354. The van der Waals surface area contributed by atoms with Gasteiger partial charge >= 0.3 is 0 Å². The summed E-state index contributed by atoms with van der Waals surface area (Å²) in [4.78, 5) is 3.83. The molecule has 4 fully saturated rings. The number of ether oxygens (including phenoxy) is 5. The number of nitrogens with two attached hydrogens (primary N) is 5. The van der Waals surface area contributed by atoms with E-state index in [4.69, 9.17) is 52.4 Å². The number of likely N-dealkylation sites (N-methyl/N-ethyl adjacent to an activating group) is 1. The topological polar surface area (TPSA) is 302 Å². The molecule has 0 amide bonds. The minimum atomic E-state index is -1.61. The van der Waals surface area contributed by atoms with Gasteiger partial charge in [-0.05, 0) is 26.3 Å². The number of rotatable bonds is 7. The molecule has 9 unspecified atom stereocenters. The van der Waals surface area contributed by atoms with Crippen LogP contribution in [-0.4, -0.2) is 143 Å². The molecule has 3 saturated heterocycles. The molecule has 226 valence electrons. The van der Waals surface area contributed by atoms with Crippen molar-refractivity contribution in [3.63, 3.8) is 0 Å². The van der Waals surface area contributed by atoms with Crippen molar-refractivity contribution in [2.45, 2.75) is 117 Å². The van der Waals surface area contributed by atoms with Crippen LogP contribution in [0, 0.1) is 0 Å². The lowest BCUT2D eigenvalue weighted by atomic mass is 9.86. The first-order valence-corrected chi connectivity index (χ1v) is 13.1. The van der Waals surface area contributed by atoms with Crippen molar-refractivity contribution in [3.05, 3.63) is 0 Å². The number of hydrogen-bond donors (Lipinski definition) is 11. The van der Waals surface area contributed by atoms with E-state index in [1.807, 2.05) is 0 Å². The van der Waals surface area contributed by atoms with Gasteiger partial charge in [0.05, 0.1) is 30.9 Å². The van der Waals surface area contributed by atoms with Crippen LogP contribution in [0.1, 0.15) is 19.3 Å². The van der Waals surface area contributed by atoms with E-state index >= 15 is 0 Å². The van der Waals surface area contributed by atoms with Crippen molar-refractivity contribution in [3.8, 4) is 0 Å². The highest BCUT2D eigenvalue weighted by molar-refractivity contribution is 5.76. The van der Waals surface area contributed by atoms with Crippen molar-refractivity contribution < 1.29 is 49.2 Å². The smallest absolute Gasteiger partial charge is 0.189 e. The SMILES string of the molecule is CNC1C(O[C@H]2OC(CO)[C@@H](N=C(N)N)C(O)C2O)O[C@H]2CC(N)[C@@H](O[C@@H]3C(N)C[C@@H](N)C[C@H]3O)OC2C1O. The minimum Gasteiger partial charge on any atom is -0.394 e. The van der Waals surface area contributed by atoms with Crippen LogP contribution < -0.4 is 34.0 Å². The van der Waals surface area contributed by atoms with Gasteiger partial charge in [-0.2, -0.15) is 0 Å². The van der Waals surface area contributed by atoms with Crippen LogP contribution >= 0.6 is 0 Å². The predicted molar refractivity (Wildman–Crippen MR) is 133 cm³/mol. The molecule has 3 aliphatic heterocycles. The number of aliphatic hydroxyl groups excluding tert-OH is 5. The van der Waals surface area contributed by atoms with Gasteiger partial charge in [-0.15, -0.1) is 0 Å². The van der Waals surface area contributed by atoms with Crippen molar-refractivity contribution >= 4 is 5.96 Å². The molecule has 4 rings (SSSR count). The second-order valence-electron chi connectivity index (χ2n) is 10.7. The Hall–Kier alpha value is -1.29. The maximum Gasteiger partial charge on any atom is 0.189 e. The Morgan fingerprint density at radius 1 is 0.872 bits per heavy atom. The summed E-state index contributed by atoms with van der Waals surface area (Å²) in [6, 6.07) is -3.46. The van der Waals surface area contributed by atoms with Gasteiger partial charge in [0.1, 0.15) is 42.7 Å². The van der Waals surface area contributed by atoms with Gasteiger partial charge in [0, 0.05) is 12.1 Å². The van der Waals surface area contributed by atoms with E-state index in [2.05, 4.69) is 10.3 Å². The zero-order chi connectivity index (χ0) is 28.6. The summed E-state index contributed by atoms with van der Waals surface area (Å²) < 4.78 is 29.6. The van der Waals surface area contributed by atoms with Crippen LogP contribution in [0.25, 0.3) is 0 Å². The van der Waals surface area contributed by atoms with E-state index in [0.29, 0.717) is 12.8 Å². The van der Waals surface area contributed by atoms with Crippen LogP contribution in [-0.2, 0) is 23.7 Å².